The average molecular weight is 317 g/mol. The highest BCUT2D eigenvalue weighted by Gasteiger charge is 2.16. The zero-order chi connectivity index (χ0) is 16.8. The number of hydrogen-bond donors (Lipinski definition) is 3. The number of aryl methyl sites for hydroxylation is 1. The van der Waals surface area contributed by atoms with Gasteiger partial charge in [0.25, 0.3) is 5.91 Å². The van der Waals surface area contributed by atoms with Crippen LogP contribution in [0.2, 0.25) is 0 Å². The van der Waals surface area contributed by atoms with Crippen LogP contribution in [0.4, 0.5) is 5.69 Å². The topological polar surface area (TPSA) is 70.2 Å². The number of rotatable bonds is 6. The number of carbonyl (C=O) groups excluding carboxylic acids is 2. The van der Waals surface area contributed by atoms with Gasteiger partial charge in [0, 0.05) is 23.7 Å². The maximum Gasteiger partial charge on any atom is 0.251 e. The Morgan fingerprint density at radius 1 is 1.35 bits per heavy atom. The van der Waals surface area contributed by atoms with Crippen molar-refractivity contribution in [2.45, 2.75) is 46.1 Å². The van der Waals surface area contributed by atoms with E-state index in [1.807, 2.05) is 26.8 Å². The average Bonchev–Trinajstić information content (AvgIpc) is 3.00. The maximum atomic E-state index is 12.1. The van der Waals surface area contributed by atoms with Gasteiger partial charge in [-0.05, 0) is 76.4 Å². The van der Waals surface area contributed by atoms with Gasteiger partial charge in [-0.3, -0.25) is 9.59 Å². The van der Waals surface area contributed by atoms with Crippen LogP contribution in [0.1, 0.15) is 49.0 Å². The molecule has 1 atom stereocenters. The van der Waals surface area contributed by atoms with Crippen LogP contribution in [0.3, 0.4) is 0 Å². The van der Waals surface area contributed by atoms with Crippen LogP contribution in [0.5, 0.6) is 0 Å². The minimum Gasteiger partial charge on any atom is -0.350 e. The Labute approximate surface area is 138 Å². The quantitative estimate of drug-likeness (QED) is 0.755. The zero-order valence-electron chi connectivity index (χ0n) is 14.2. The van der Waals surface area contributed by atoms with Crippen LogP contribution >= 0.6 is 0 Å². The molecule has 5 heteroatoms. The summed E-state index contributed by atoms with van der Waals surface area (Å²) in [6, 6.07) is 5.47. The van der Waals surface area contributed by atoms with Crippen LogP contribution < -0.4 is 16.0 Å². The highest BCUT2D eigenvalue weighted by atomic mass is 16.2. The van der Waals surface area contributed by atoms with E-state index in [-0.39, 0.29) is 17.9 Å². The Morgan fingerprint density at radius 3 is 2.74 bits per heavy atom. The summed E-state index contributed by atoms with van der Waals surface area (Å²) in [5, 5.41) is 9.13. The predicted octanol–water partition coefficient (Wildman–Crippen LogP) is 2.46. The SMILES string of the molecule is Cc1cc(C(=O)NC(C)C)ccc1NC(=O)CCC1CCNC1. The second-order valence-electron chi connectivity index (χ2n) is 6.60. The van der Waals surface area contributed by atoms with E-state index in [0.29, 0.717) is 17.9 Å². The summed E-state index contributed by atoms with van der Waals surface area (Å²) in [6.45, 7) is 7.85. The van der Waals surface area contributed by atoms with Crippen LogP contribution in [0.25, 0.3) is 0 Å². The van der Waals surface area contributed by atoms with Gasteiger partial charge in [-0.2, -0.15) is 0 Å². The van der Waals surface area contributed by atoms with E-state index >= 15 is 0 Å². The predicted molar refractivity (Wildman–Crippen MR) is 92.6 cm³/mol. The minimum atomic E-state index is -0.0882. The van der Waals surface area contributed by atoms with Crippen molar-refractivity contribution in [3.8, 4) is 0 Å². The molecule has 5 nitrogen and oxygen atoms in total. The molecule has 2 rings (SSSR count). The molecule has 1 aliphatic heterocycles. The van der Waals surface area contributed by atoms with Gasteiger partial charge in [0.05, 0.1) is 0 Å². The standard InChI is InChI=1S/C18H27N3O2/c1-12(2)20-18(23)15-5-6-16(13(3)10-15)21-17(22)7-4-14-8-9-19-11-14/h5-6,10,12,14,19H,4,7-9,11H2,1-3H3,(H,20,23)(H,21,22). The third-order valence-corrected chi connectivity index (χ3v) is 4.12. The highest BCUT2D eigenvalue weighted by Crippen LogP contribution is 2.19. The molecule has 1 aromatic rings. The molecule has 0 aromatic heterocycles. The summed E-state index contributed by atoms with van der Waals surface area (Å²) in [5.41, 5.74) is 2.30. The van der Waals surface area contributed by atoms with Gasteiger partial charge in [-0.25, -0.2) is 0 Å². The van der Waals surface area contributed by atoms with Crippen LogP contribution in [-0.2, 0) is 4.79 Å². The van der Waals surface area contributed by atoms with Gasteiger partial charge in [0.15, 0.2) is 0 Å². The fraction of sp³-hybridized carbons (Fsp3) is 0.556. The molecule has 0 spiro atoms. The van der Waals surface area contributed by atoms with Crippen molar-refractivity contribution in [1.29, 1.82) is 0 Å². The largest absolute Gasteiger partial charge is 0.350 e. The van der Waals surface area contributed by atoms with E-state index in [1.165, 1.54) is 0 Å². The first-order valence-electron chi connectivity index (χ1n) is 8.38. The van der Waals surface area contributed by atoms with Crippen molar-refractivity contribution in [1.82, 2.24) is 10.6 Å². The Morgan fingerprint density at radius 2 is 2.13 bits per heavy atom. The maximum absolute atomic E-state index is 12.1. The first kappa shape index (κ1) is 17.5. The smallest absolute Gasteiger partial charge is 0.251 e. The van der Waals surface area contributed by atoms with Gasteiger partial charge in [-0.1, -0.05) is 0 Å². The first-order valence-corrected chi connectivity index (χ1v) is 8.38. The minimum absolute atomic E-state index is 0.0411. The molecule has 1 fully saturated rings. The van der Waals surface area contributed by atoms with Crippen LogP contribution in [-0.4, -0.2) is 30.9 Å². The Kier molecular flexibility index (Phi) is 6.16. The van der Waals surface area contributed by atoms with Crippen molar-refractivity contribution in [3.63, 3.8) is 0 Å². The summed E-state index contributed by atoms with van der Waals surface area (Å²) < 4.78 is 0. The number of carbonyl (C=O) groups is 2. The number of hydrogen-bond acceptors (Lipinski definition) is 3. The van der Waals surface area contributed by atoms with Crippen molar-refractivity contribution >= 4 is 17.5 Å². The Hall–Kier alpha value is -1.88. The molecule has 0 radical (unpaired) electrons. The lowest BCUT2D eigenvalue weighted by Gasteiger charge is -2.13. The summed E-state index contributed by atoms with van der Waals surface area (Å²) in [5.74, 6) is 0.568. The van der Waals surface area contributed by atoms with E-state index in [2.05, 4.69) is 16.0 Å². The van der Waals surface area contributed by atoms with E-state index in [9.17, 15) is 9.59 Å². The second kappa shape index (κ2) is 8.11. The Balaban J connectivity index is 1.89. The second-order valence-corrected chi connectivity index (χ2v) is 6.60. The van der Waals surface area contributed by atoms with Crippen molar-refractivity contribution in [3.05, 3.63) is 29.3 Å². The van der Waals surface area contributed by atoms with Crippen molar-refractivity contribution in [2.75, 3.05) is 18.4 Å². The van der Waals surface area contributed by atoms with Gasteiger partial charge in [-0.15, -0.1) is 0 Å². The van der Waals surface area contributed by atoms with E-state index in [0.717, 1.165) is 37.2 Å². The normalized spacial score (nSPS) is 17.3. The summed E-state index contributed by atoms with van der Waals surface area (Å²) in [6.07, 6.45) is 2.63. The van der Waals surface area contributed by atoms with Crippen molar-refractivity contribution in [2.24, 2.45) is 5.92 Å². The lowest BCUT2D eigenvalue weighted by Crippen LogP contribution is -2.30. The summed E-state index contributed by atoms with van der Waals surface area (Å²) >= 11 is 0. The number of benzene rings is 1. The highest BCUT2D eigenvalue weighted by molar-refractivity contribution is 5.96. The number of anilines is 1. The Bertz CT molecular complexity index is 563. The monoisotopic (exact) mass is 317 g/mol. The van der Waals surface area contributed by atoms with Gasteiger partial charge in [0.2, 0.25) is 5.91 Å². The number of nitrogens with one attached hydrogen (secondary N) is 3. The molecule has 0 saturated carbocycles. The molecular formula is C18H27N3O2. The molecule has 3 N–H and O–H groups in total. The molecule has 0 bridgehead atoms. The van der Waals surface area contributed by atoms with E-state index in [4.69, 9.17) is 0 Å². The van der Waals surface area contributed by atoms with E-state index in [1.54, 1.807) is 12.1 Å². The lowest BCUT2D eigenvalue weighted by molar-refractivity contribution is -0.116. The molecule has 1 unspecified atom stereocenters. The summed E-state index contributed by atoms with van der Waals surface area (Å²) in [7, 11) is 0. The third-order valence-electron chi connectivity index (χ3n) is 4.12. The zero-order valence-corrected chi connectivity index (χ0v) is 14.2. The molecule has 1 heterocycles. The van der Waals surface area contributed by atoms with Gasteiger partial charge >= 0.3 is 0 Å². The third kappa shape index (κ3) is 5.36. The summed E-state index contributed by atoms with van der Waals surface area (Å²) in [4.78, 5) is 24.1. The van der Waals surface area contributed by atoms with E-state index < -0.39 is 0 Å². The van der Waals surface area contributed by atoms with Gasteiger partial charge in [0.1, 0.15) is 0 Å². The fourth-order valence-electron chi connectivity index (χ4n) is 2.80. The van der Waals surface area contributed by atoms with Crippen LogP contribution in [0.15, 0.2) is 18.2 Å². The number of amides is 2. The molecule has 2 amide bonds. The lowest BCUT2D eigenvalue weighted by atomic mass is 10.0. The molecule has 23 heavy (non-hydrogen) atoms. The van der Waals surface area contributed by atoms with Crippen LogP contribution in [0, 0.1) is 12.8 Å². The molecule has 126 valence electrons. The fourth-order valence-corrected chi connectivity index (χ4v) is 2.80. The molecule has 1 saturated heterocycles. The molecular weight excluding hydrogens is 290 g/mol. The molecule has 1 aromatic carbocycles. The first-order chi connectivity index (χ1) is 11.0. The van der Waals surface area contributed by atoms with Crippen molar-refractivity contribution < 1.29 is 9.59 Å². The molecule has 0 aliphatic carbocycles. The molecule has 1 aliphatic rings. The van der Waals surface area contributed by atoms with Gasteiger partial charge < -0.3 is 16.0 Å².